The minimum absolute atomic E-state index is 0.222. The van der Waals surface area contributed by atoms with Crippen LogP contribution in [0.25, 0.3) is 0 Å². The van der Waals surface area contributed by atoms with Crippen molar-refractivity contribution in [3.8, 4) is 0 Å². The molecule has 1 heterocycles. The number of aliphatic hydroxyl groups excluding tert-OH is 1. The van der Waals surface area contributed by atoms with Crippen molar-refractivity contribution < 1.29 is 5.11 Å². The van der Waals surface area contributed by atoms with E-state index in [-0.39, 0.29) is 6.61 Å². The fraction of sp³-hybridized carbons (Fsp3) is 0.824. The lowest BCUT2D eigenvalue weighted by Gasteiger charge is -2.29. The fourth-order valence-corrected chi connectivity index (χ4v) is 3.54. The topological polar surface area (TPSA) is 41.3 Å². The maximum Gasteiger partial charge on any atom is 0.0765 e. The molecule has 1 aromatic heterocycles. The summed E-state index contributed by atoms with van der Waals surface area (Å²) in [6, 6.07) is 3.30. The summed E-state index contributed by atoms with van der Waals surface area (Å²) in [5.74, 6) is 0. The predicted molar refractivity (Wildman–Crippen MR) is 86.2 cm³/mol. The Hall–Kier alpha value is -0.870. The Bertz CT molecular complexity index is 394. The molecule has 1 aliphatic carbocycles. The van der Waals surface area contributed by atoms with Crippen LogP contribution >= 0.6 is 0 Å². The summed E-state index contributed by atoms with van der Waals surface area (Å²) in [6.07, 6.45) is 11.0. The molecule has 0 saturated heterocycles. The van der Waals surface area contributed by atoms with Gasteiger partial charge in [0.25, 0.3) is 0 Å². The zero-order valence-electron chi connectivity index (χ0n) is 13.7. The number of aromatic nitrogens is 2. The van der Waals surface area contributed by atoms with E-state index in [1.54, 1.807) is 0 Å². The quantitative estimate of drug-likeness (QED) is 0.799. The minimum Gasteiger partial charge on any atom is -0.395 e. The number of aliphatic hydroxyl groups is 1. The third-order valence-electron chi connectivity index (χ3n) is 4.82. The third-order valence-corrected chi connectivity index (χ3v) is 4.82. The maximum absolute atomic E-state index is 9.30. The van der Waals surface area contributed by atoms with Crippen molar-refractivity contribution in [2.75, 3.05) is 13.2 Å². The molecule has 0 spiro atoms. The molecule has 0 aliphatic heterocycles. The largest absolute Gasteiger partial charge is 0.395 e. The highest BCUT2D eigenvalue weighted by atomic mass is 16.3. The molecule has 1 aliphatic rings. The lowest BCUT2D eigenvalue weighted by Crippen LogP contribution is -2.36. The Balaban J connectivity index is 1.98. The lowest BCUT2D eigenvalue weighted by molar-refractivity contribution is 0.134. The summed E-state index contributed by atoms with van der Waals surface area (Å²) in [5, 5.41) is 14.1. The van der Waals surface area contributed by atoms with Crippen LogP contribution in [0.3, 0.4) is 0 Å². The van der Waals surface area contributed by atoms with Gasteiger partial charge in [0.15, 0.2) is 0 Å². The van der Waals surface area contributed by atoms with E-state index in [0.29, 0.717) is 12.1 Å². The van der Waals surface area contributed by atoms with Gasteiger partial charge in [0, 0.05) is 25.3 Å². The van der Waals surface area contributed by atoms with Crippen LogP contribution in [0.15, 0.2) is 12.3 Å². The molecular formula is C17H31N3O. The van der Waals surface area contributed by atoms with Crippen LogP contribution in [-0.4, -0.2) is 39.0 Å². The molecular weight excluding hydrogens is 262 g/mol. The van der Waals surface area contributed by atoms with E-state index in [1.165, 1.54) is 32.1 Å². The first-order valence-corrected chi connectivity index (χ1v) is 8.67. The van der Waals surface area contributed by atoms with Gasteiger partial charge in [0.2, 0.25) is 0 Å². The van der Waals surface area contributed by atoms with Crippen LogP contribution in [-0.2, 0) is 6.54 Å². The summed E-state index contributed by atoms with van der Waals surface area (Å²) in [6.45, 7) is 6.26. The first kappa shape index (κ1) is 16.5. The molecule has 2 rings (SSSR count). The molecule has 0 radical (unpaired) electrons. The van der Waals surface area contributed by atoms with Crippen molar-refractivity contribution in [2.45, 2.75) is 77.4 Å². The van der Waals surface area contributed by atoms with Gasteiger partial charge in [-0.05, 0) is 31.7 Å². The van der Waals surface area contributed by atoms with Gasteiger partial charge in [-0.3, -0.25) is 9.58 Å². The van der Waals surface area contributed by atoms with E-state index < -0.39 is 0 Å². The number of rotatable bonds is 8. The van der Waals surface area contributed by atoms with E-state index in [0.717, 1.165) is 31.6 Å². The highest BCUT2D eigenvalue weighted by Gasteiger charge is 2.19. The Labute approximate surface area is 129 Å². The monoisotopic (exact) mass is 293 g/mol. The van der Waals surface area contributed by atoms with E-state index >= 15 is 0 Å². The Morgan fingerprint density at radius 1 is 1.29 bits per heavy atom. The SMILES string of the molecule is CCC(CC)N(CCO)Cc1ccn(C2CCCCC2)n1. The molecule has 1 N–H and O–H groups in total. The lowest BCUT2D eigenvalue weighted by atomic mass is 9.96. The molecule has 120 valence electrons. The van der Waals surface area contributed by atoms with Crippen LogP contribution in [0.4, 0.5) is 0 Å². The van der Waals surface area contributed by atoms with Gasteiger partial charge in [-0.25, -0.2) is 0 Å². The van der Waals surface area contributed by atoms with Crippen LogP contribution in [0.2, 0.25) is 0 Å². The van der Waals surface area contributed by atoms with Gasteiger partial charge in [0.1, 0.15) is 0 Å². The van der Waals surface area contributed by atoms with Crippen LogP contribution in [0.5, 0.6) is 0 Å². The minimum atomic E-state index is 0.222. The summed E-state index contributed by atoms with van der Waals surface area (Å²) >= 11 is 0. The van der Waals surface area contributed by atoms with Gasteiger partial charge in [-0.1, -0.05) is 33.1 Å². The molecule has 1 fully saturated rings. The van der Waals surface area contributed by atoms with Gasteiger partial charge in [0.05, 0.1) is 18.3 Å². The van der Waals surface area contributed by atoms with Crippen molar-refractivity contribution >= 4 is 0 Å². The predicted octanol–water partition coefficient (Wildman–Crippen LogP) is 3.37. The molecule has 0 atom stereocenters. The zero-order chi connectivity index (χ0) is 15.1. The van der Waals surface area contributed by atoms with Gasteiger partial charge < -0.3 is 5.11 Å². The first-order chi connectivity index (χ1) is 10.3. The smallest absolute Gasteiger partial charge is 0.0765 e. The van der Waals surface area contributed by atoms with Crippen molar-refractivity contribution in [2.24, 2.45) is 0 Å². The van der Waals surface area contributed by atoms with Gasteiger partial charge >= 0.3 is 0 Å². The number of hydrogen-bond acceptors (Lipinski definition) is 3. The zero-order valence-corrected chi connectivity index (χ0v) is 13.7. The number of nitrogens with zero attached hydrogens (tertiary/aromatic N) is 3. The summed E-state index contributed by atoms with van der Waals surface area (Å²) in [7, 11) is 0. The molecule has 4 nitrogen and oxygen atoms in total. The highest BCUT2D eigenvalue weighted by molar-refractivity contribution is 5.00. The summed E-state index contributed by atoms with van der Waals surface area (Å²) < 4.78 is 2.18. The average molecular weight is 293 g/mol. The molecule has 4 heteroatoms. The fourth-order valence-electron chi connectivity index (χ4n) is 3.54. The summed E-state index contributed by atoms with van der Waals surface area (Å²) in [4.78, 5) is 2.37. The van der Waals surface area contributed by atoms with Crippen molar-refractivity contribution in [1.82, 2.24) is 14.7 Å². The molecule has 1 aromatic rings. The van der Waals surface area contributed by atoms with Crippen LogP contribution in [0.1, 0.15) is 70.5 Å². The second kappa shape index (κ2) is 8.54. The molecule has 0 unspecified atom stereocenters. The van der Waals surface area contributed by atoms with Crippen LogP contribution < -0.4 is 0 Å². The Morgan fingerprint density at radius 3 is 2.62 bits per heavy atom. The van der Waals surface area contributed by atoms with E-state index in [4.69, 9.17) is 5.10 Å². The average Bonchev–Trinajstić information content (AvgIpc) is 2.98. The first-order valence-electron chi connectivity index (χ1n) is 8.67. The van der Waals surface area contributed by atoms with Crippen molar-refractivity contribution in [3.05, 3.63) is 18.0 Å². The van der Waals surface area contributed by atoms with E-state index in [1.807, 2.05) is 0 Å². The second-order valence-electron chi connectivity index (χ2n) is 6.24. The third kappa shape index (κ3) is 4.55. The summed E-state index contributed by atoms with van der Waals surface area (Å²) in [5.41, 5.74) is 1.14. The standard InChI is InChI=1S/C17H31N3O/c1-3-16(4-2)19(12-13-21)14-15-10-11-20(18-15)17-8-6-5-7-9-17/h10-11,16-17,21H,3-9,12-14H2,1-2H3. The molecule has 1 saturated carbocycles. The molecule has 0 bridgehead atoms. The Kier molecular flexibility index (Phi) is 6.71. The van der Waals surface area contributed by atoms with Gasteiger partial charge in [-0.2, -0.15) is 5.10 Å². The highest BCUT2D eigenvalue weighted by Crippen LogP contribution is 2.27. The van der Waals surface area contributed by atoms with Gasteiger partial charge in [-0.15, -0.1) is 0 Å². The van der Waals surface area contributed by atoms with Crippen LogP contribution in [0, 0.1) is 0 Å². The maximum atomic E-state index is 9.30. The van der Waals surface area contributed by atoms with E-state index in [2.05, 4.69) is 35.7 Å². The normalized spacial score (nSPS) is 17.0. The molecule has 21 heavy (non-hydrogen) atoms. The second-order valence-corrected chi connectivity index (χ2v) is 6.24. The Morgan fingerprint density at radius 2 is 2.00 bits per heavy atom. The van der Waals surface area contributed by atoms with Crippen molar-refractivity contribution in [3.63, 3.8) is 0 Å². The van der Waals surface area contributed by atoms with E-state index in [9.17, 15) is 5.11 Å². The van der Waals surface area contributed by atoms with Crippen molar-refractivity contribution in [1.29, 1.82) is 0 Å². The molecule has 0 amide bonds. The number of hydrogen-bond donors (Lipinski definition) is 1. The molecule has 0 aromatic carbocycles.